The number of aliphatic hydroxyl groups excluding tert-OH is 17. The first-order valence-electron chi connectivity index (χ1n) is 32.8. The quantitative estimate of drug-likeness (QED) is 0.0120. The van der Waals surface area contributed by atoms with Crippen molar-refractivity contribution < 1.29 is 159 Å². The highest BCUT2D eigenvalue weighted by Crippen LogP contribution is 2.34. The Balaban J connectivity index is 0.000000324. The average Bonchev–Trinajstić information content (AvgIpc) is 0.795. The predicted octanol–water partition coefficient (Wildman–Crippen LogP) is -13.3. The highest BCUT2D eigenvalue weighted by Gasteiger charge is 2.55. The number of methoxy groups -OCH3 is 3. The molecule has 0 saturated carbocycles. The largest absolute Gasteiger partial charge is 0.737 e. The molecule has 30 atom stereocenters. The molecule has 102 heavy (non-hydrogen) atoms. The molecule has 6 saturated heterocycles. The van der Waals surface area contributed by atoms with Gasteiger partial charge in [0.25, 0.3) is 0 Å². The van der Waals surface area contributed by atoms with Gasteiger partial charge in [-0.1, -0.05) is 0 Å². The predicted molar refractivity (Wildman–Crippen MR) is 334 cm³/mol. The van der Waals surface area contributed by atoms with Gasteiger partial charge in [-0.15, -0.1) is 15.0 Å². The van der Waals surface area contributed by atoms with Gasteiger partial charge in [0.05, 0.1) is 77.5 Å². The molecule has 600 valence electrons. The fourth-order valence-electron chi connectivity index (χ4n) is 11.9. The van der Waals surface area contributed by atoms with E-state index in [0.29, 0.717) is 13.1 Å². The third-order valence-electron chi connectivity index (χ3n) is 17.6. The molecule has 22 N–H and O–H groups in total. The van der Waals surface area contributed by atoms with E-state index < -0.39 is 203 Å². The lowest BCUT2D eigenvalue weighted by molar-refractivity contribution is -0.692. The lowest BCUT2D eigenvalue weighted by Crippen LogP contribution is -2.65. The molecule has 0 aromatic carbocycles. The maximum atomic E-state index is 11.9. The fraction of sp³-hybridized carbons (Fsp3) is 1.00. The molecule has 6 fully saturated rings. The van der Waals surface area contributed by atoms with Crippen LogP contribution in [0.3, 0.4) is 0 Å². The van der Waals surface area contributed by atoms with Crippen molar-refractivity contribution in [1.82, 2.24) is 31.0 Å². The Morgan fingerprint density at radius 2 is 0.676 bits per heavy atom. The Hall–Kier alpha value is -4.32. The van der Waals surface area contributed by atoms with Gasteiger partial charge in [-0.3, -0.25) is 0 Å². The molecule has 0 bridgehead atoms. The van der Waals surface area contributed by atoms with Gasteiger partial charge in [-0.05, 0) is 36.6 Å². The average molecular weight is 1500 g/mol. The molecular formula is C54H106N13O35-3. The Kier molecular flexibility index (Phi) is 40.1. The van der Waals surface area contributed by atoms with E-state index in [4.69, 9.17) is 72.8 Å². The van der Waals surface area contributed by atoms with Crippen LogP contribution in [0.4, 0.5) is 0 Å². The molecule has 0 aromatic rings. The van der Waals surface area contributed by atoms with E-state index in [-0.39, 0.29) is 100 Å². The molecule has 6 rings (SSSR count). The normalized spacial score (nSPS) is 39.2. The molecule has 0 amide bonds. The number of nitrogens with zero attached hydrogens (tertiary/aromatic N) is 9. The highest BCUT2D eigenvalue weighted by atomic mass is 16.7. The van der Waals surface area contributed by atoms with E-state index in [1.54, 1.807) is 0 Å². The van der Waals surface area contributed by atoms with Crippen molar-refractivity contribution in [3.63, 3.8) is 0 Å². The van der Waals surface area contributed by atoms with Crippen LogP contribution in [0.25, 0.3) is 0 Å². The maximum absolute atomic E-state index is 11.9. The van der Waals surface area contributed by atoms with Crippen LogP contribution >= 0.6 is 0 Å². The van der Waals surface area contributed by atoms with E-state index in [9.17, 15) is 108 Å². The minimum absolute atomic E-state index is 0.0190. The smallest absolute Gasteiger partial charge is 0.187 e. The SMILES string of the molecule is COC1[C@@H](CN(CCNCCN)/[N+]([O-])=N/[O-])O[C@H](OC2[C@@H](CO)O[C@H](C)[C@H](O)[C@H]2O)[C@H](O)[C@H]1O.COC1[C@@H](CN(CCNCCO)/[N+]([O-])=N/[O-])O[C@H](OC2[C@@H](CO)O[C@H](C)[C@H](O)[C@H]2O)[C@H](O)[C@H]1O.COC1[C@@H](CNCCN(CCO)/[N+]([O-])=N/[O-])O[C@H](OC2[C@@H](CO)O[C@H](C)[C@H](O)[C@H]2O)[C@H](O)[C@H]1O. The van der Waals surface area contributed by atoms with Crippen molar-refractivity contribution in [3.8, 4) is 0 Å². The topological polar surface area (TPSA) is 711 Å². The summed E-state index contributed by atoms with van der Waals surface area (Å²) in [4.78, 5) is -0.560. The molecule has 6 unspecified atom stereocenters. The molecule has 48 nitrogen and oxygen atoms in total. The van der Waals surface area contributed by atoms with Gasteiger partial charge in [0.2, 0.25) is 0 Å². The number of hydrogen-bond acceptors (Lipinski definition) is 42. The third-order valence-corrected chi connectivity index (χ3v) is 17.6. The van der Waals surface area contributed by atoms with Crippen LogP contribution in [0, 0.1) is 31.2 Å². The summed E-state index contributed by atoms with van der Waals surface area (Å²) in [6.45, 7) is 3.46. The highest BCUT2D eigenvalue weighted by molar-refractivity contribution is 4.99. The Labute approximate surface area is 585 Å². The van der Waals surface area contributed by atoms with E-state index in [1.807, 2.05) is 0 Å². The van der Waals surface area contributed by atoms with Crippen molar-refractivity contribution in [3.05, 3.63) is 31.2 Å². The third kappa shape index (κ3) is 24.4. The van der Waals surface area contributed by atoms with E-state index in [1.165, 1.54) is 42.1 Å². The van der Waals surface area contributed by atoms with Crippen LogP contribution in [0.2, 0.25) is 0 Å². The molecule has 48 heteroatoms. The number of hydrazine groups is 3. The fourth-order valence-corrected chi connectivity index (χ4v) is 11.9. The summed E-state index contributed by atoms with van der Waals surface area (Å²) in [5, 5.41) is 257. The molecule has 0 radical (unpaired) electrons. The van der Waals surface area contributed by atoms with Crippen molar-refractivity contribution in [2.75, 3.05) is 139 Å². The zero-order chi connectivity index (χ0) is 76.2. The number of nitrogens with one attached hydrogen (secondary N) is 3. The summed E-state index contributed by atoms with van der Waals surface area (Å²) < 4.78 is 66.2. The van der Waals surface area contributed by atoms with E-state index >= 15 is 0 Å². The minimum atomic E-state index is -1.67. The van der Waals surface area contributed by atoms with E-state index in [0.717, 1.165) is 15.0 Å². The van der Waals surface area contributed by atoms with Gasteiger partial charge >= 0.3 is 0 Å². The molecular weight excluding hydrogens is 1390 g/mol. The van der Waals surface area contributed by atoms with Crippen LogP contribution in [0.15, 0.2) is 15.8 Å². The lowest BCUT2D eigenvalue weighted by Gasteiger charge is -2.46. The first-order valence-corrected chi connectivity index (χ1v) is 32.8. The zero-order valence-electron chi connectivity index (χ0n) is 57.1. The van der Waals surface area contributed by atoms with Crippen molar-refractivity contribution in [1.29, 1.82) is 0 Å². The number of nitrogens with two attached hydrogens (primary N) is 1. The number of aliphatic hydroxyl groups is 17. The van der Waals surface area contributed by atoms with Crippen LogP contribution in [0.1, 0.15) is 20.8 Å². The summed E-state index contributed by atoms with van der Waals surface area (Å²) in [7, 11) is 3.82. The summed E-state index contributed by atoms with van der Waals surface area (Å²) in [6, 6.07) is 0. The van der Waals surface area contributed by atoms with E-state index in [2.05, 4.69) is 31.8 Å². The molecule has 0 spiro atoms. The van der Waals surface area contributed by atoms with Gasteiger partial charge in [-0.25, -0.2) is 0 Å². The van der Waals surface area contributed by atoms with Crippen LogP contribution in [0.5, 0.6) is 0 Å². The van der Waals surface area contributed by atoms with Crippen LogP contribution in [-0.2, 0) is 56.8 Å². The van der Waals surface area contributed by atoms with Crippen molar-refractivity contribution in [2.45, 2.75) is 204 Å². The molecule has 0 aromatic heterocycles. The second-order valence-corrected chi connectivity index (χ2v) is 24.3. The maximum Gasteiger partial charge on any atom is 0.187 e. The summed E-state index contributed by atoms with van der Waals surface area (Å²) in [5.41, 5.74) is 5.41. The zero-order valence-corrected chi connectivity index (χ0v) is 57.1. The second-order valence-electron chi connectivity index (χ2n) is 24.3. The Morgan fingerprint density at radius 1 is 0.373 bits per heavy atom. The van der Waals surface area contributed by atoms with Gasteiger partial charge in [0, 0.05) is 82.1 Å². The number of rotatable bonds is 36. The standard InChI is InChI=1S/C18H37N5O11.2C18H36N4O12/c1-9-12(25)13(26)17(11(8-24)32-9)34-18-15(28)14(27)16(31-2)10(33-18)7-22(23(30)21-29)6-5-20-4-3-19;1-9-12(25)13(26)17(11(8-24)32-9)34-18-15(28)14(27)16(31-2)10(33-18)7-21(22(30)20-29)5-3-19-4-6-23;1-9-12(25)13(26)17(11(8-24)32-9)34-18-15(28)14(27)16(31-2)10(33-18)7-19-3-4-21(5-6-23)22(30)20-29/h9-18,20,24-29H,3-8,19H2,1-2H3;2*9-19,23-29H,3-8H2,1-2H3/p-3/b23-21-;2*22-20-/t3*9-,10-,11-,12+,13-,14-,15-,16?,17?,18-/m111/s1. The van der Waals surface area contributed by atoms with Crippen molar-refractivity contribution >= 4 is 0 Å². The monoisotopic (exact) mass is 1500 g/mol. The lowest BCUT2D eigenvalue weighted by atomic mass is 9.94. The second kappa shape index (κ2) is 45.4. The van der Waals surface area contributed by atoms with Crippen LogP contribution in [-0.4, -0.2) is 440 Å². The molecule has 6 aliphatic rings. The number of hydrogen-bond donors (Lipinski definition) is 21. The molecule has 6 aliphatic heterocycles. The van der Waals surface area contributed by atoms with Gasteiger partial charge in [0.15, 0.2) is 18.9 Å². The Bertz CT molecular complexity index is 2290. The van der Waals surface area contributed by atoms with Gasteiger partial charge in [-0.2, -0.15) is 0 Å². The number of ether oxygens (including phenoxy) is 12. The molecule has 6 heterocycles. The summed E-state index contributed by atoms with van der Waals surface area (Å²) in [5.74, 6) is 0. The van der Waals surface area contributed by atoms with Gasteiger partial charge in [0.1, 0.15) is 160 Å². The minimum Gasteiger partial charge on any atom is -0.737 e. The molecule has 0 aliphatic carbocycles. The Morgan fingerprint density at radius 3 is 0.990 bits per heavy atom. The van der Waals surface area contributed by atoms with Gasteiger partial charge < -0.3 is 197 Å². The van der Waals surface area contributed by atoms with Crippen LogP contribution < -0.4 is 21.7 Å². The summed E-state index contributed by atoms with van der Waals surface area (Å²) in [6.07, 6.45) is -38.3. The first kappa shape index (κ1) is 90.1. The first-order chi connectivity index (χ1) is 48.6. The summed E-state index contributed by atoms with van der Waals surface area (Å²) >= 11 is 0. The van der Waals surface area contributed by atoms with Crippen molar-refractivity contribution in [2.24, 2.45) is 21.6 Å².